The van der Waals surface area contributed by atoms with E-state index in [0.29, 0.717) is 11.3 Å². The summed E-state index contributed by atoms with van der Waals surface area (Å²) in [6.07, 6.45) is -0.203. The fourth-order valence-corrected chi connectivity index (χ4v) is 2.97. The highest BCUT2D eigenvalue weighted by Crippen LogP contribution is 2.21. The van der Waals surface area contributed by atoms with Gasteiger partial charge in [0.05, 0.1) is 12.4 Å². The molecule has 136 valence electrons. The molecule has 0 radical (unpaired) electrons. The Bertz CT molecular complexity index is 787. The fourth-order valence-electron chi connectivity index (χ4n) is 2.21. The molecular weight excluding hydrogens is 350 g/mol. The van der Waals surface area contributed by atoms with E-state index in [1.807, 2.05) is 37.3 Å². The Kier molecular flexibility index (Phi) is 7.41. The first-order valence-electron chi connectivity index (χ1n) is 8.26. The van der Waals surface area contributed by atoms with Gasteiger partial charge < -0.3 is 10.1 Å². The molecule has 0 saturated heterocycles. The number of hydrogen-bond donors (Lipinski definition) is 1. The predicted molar refractivity (Wildman–Crippen MR) is 103 cm³/mol. The van der Waals surface area contributed by atoms with Crippen LogP contribution in [0.3, 0.4) is 0 Å². The summed E-state index contributed by atoms with van der Waals surface area (Å²) in [6, 6.07) is 14.6. The molecule has 1 N–H and O–H groups in total. The van der Waals surface area contributed by atoms with Crippen molar-refractivity contribution in [1.82, 2.24) is 0 Å². The third kappa shape index (κ3) is 6.37. The molecule has 0 aliphatic heterocycles. The van der Waals surface area contributed by atoms with Crippen LogP contribution in [0.2, 0.25) is 0 Å². The highest BCUT2D eigenvalue weighted by Gasteiger charge is 2.11. The summed E-state index contributed by atoms with van der Waals surface area (Å²) in [5.74, 6) is -0.635. The lowest BCUT2D eigenvalue weighted by atomic mass is 10.1. The van der Waals surface area contributed by atoms with Crippen LogP contribution >= 0.6 is 11.8 Å². The van der Waals surface area contributed by atoms with Crippen molar-refractivity contribution in [2.24, 2.45) is 0 Å². The maximum atomic E-state index is 12.2. The molecule has 0 saturated carbocycles. The molecule has 0 aliphatic rings. The van der Waals surface area contributed by atoms with E-state index in [2.05, 4.69) is 5.32 Å². The Hall–Kier alpha value is -2.60. The molecule has 0 heterocycles. The second kappa shape index (κ2) is 9.77. The summed E-state index contributed by atoms with van der Waals surface area (Å²) < 4.78 is 4.75. The van der Waals surface area contributed by atoms with Crippen LogP contribution in [0.1, 0.15) is 29.3 Å². The number of carbonyl (C=O) groups excluding carboxylic acids is 3. The van der Waals surface area contributed by atoms with Crippen molar-refractivity contribution in [3.63, 3.8) is 0 Å². The van der Waals surface area contributed by atoms with Gasteiger partial charge in [-0.2, -0.15) is 0 Å². The number of amides is 1. The number of carbonyl (C=O) groups is 3. The highest BCUT2D eigenvalue weighted by molar-refractivity contribution is 8.00. The third-order valence-corrected chi connectivity index (χ3v) is 4.51. The second-order valence-corrected chi connectivity index (χ2v) is 6.71. The minimum Gasteiger partial charge on any atom is -0.466 e. The van der Waals surface area contributed by atoms with Gasteiger partial charge in [-0.25, -0.2) is 0 Å². The summed E-state index contributed by atoms with van der Waals surface area (Å²) in [5, 5.41) is 2.84. The van der Waals surface area contributed by atoms with Gasteiger partial charge in [0.15, 0.2) is 5.78 Å². The molecule has 2 rings (SSSR count). The van der Waals surface area contributed by atoms with E-state index in [9.17, 15) is 14.4 Å². The smallest absolute Gasteiger partial charge is 0.313 e. The molecule has 0 aliphatic carbocycles. The monoisotopic (exact) mass is 371 g/mol. The first-order chi connectivity index (χ1) is 12.5. The van der Waals surface area contributed by atoms with E-state index in [4.69, 9.17) is 4.74 Å². The second-order valence-electron chi connectivity index (χ2n) is 5.66. The molecule has 26 heavy (non-hydrogen) atoms. The van der Waals surface area contributed by atoms with E-state index in [-0.39, 0.29) is 30.5 Å². The highest BCUT2D eigenvalue weighted by atomic mass is 32.2. The average Bonchev–Trinajstić information content (AvgIpc) is 2.61. The fraction of sp³-hybridized carbons (Fsp3) is 0.250. The van der Waals surface area contributed by atoms with Gasteiger partial charge in [-0.3, -0.25) is 14.4 Å². The first-order valence-corrected chi connectivity index (χ1v) is 9.24. The quantitative estimate of drug-likeness (QED) is 0.433. The minimum absolute atomic E-state index is 0.168. The van der Waals surface area contributed by atoms with Gasteiger partial charge in [-0.1, -0.05) is 17.7 Å². The number of thioether (sulfide) groups is 1. The lowest BCUT2D eigenvalue weighted by molar-refractivity contribution is -0.145. The molecule has 0 spiro atoms. The third-order valence-electron chi connectivity index (χ3n) is 3.44. The van der Waals surface area contributed by atoms with Crippen molar-refractivity contribution < 1.29 is 19.1 Å². The predicted octanol–water partition coefficient (Wildman–Crippen LogP) is 3.86. The molecule has 0 bridgehead atoms. The molecule has 5 nitrogen and oxygen atoms in total. The SMILES string of the molecule is CCOC(=O)CC(=O)CSc1ccc(NC(=O)c2cccc(C)c2)cc1. The zero-order valence-electron chi connectivity index (χ0n) is 14.8. The number of aryl methyl sites for hydroxylation is 1. The lowest BCUT2D eigenvalue weighted by Crippen LogP contribution is -2.12. The van der Waals surface area contributed by atoms with E-state index < -0.39 is 5.97 Å². The number of ether oxygens (including phenoxy) is 1. The number of rotatable bonds is 8. The summed E-state index contributed by atoms with van der Waals surface area (Å²) in [7, 11) is 0. The molecule has 0 aromatic heterocycles. The zero-order chi connectivity index (χ0) is 18.9. The number of anilines is 1. The largest absolute Gasteiger partial charge is 0.466 e. The van der Waals surface area contributed by atoms with Crippen LogP contribution in [0.5, 0.6) is 0 Å². The van der Waals surface area contributed by atoms with Crippen molar-refractivity contribution in [3.8, 4) is 0 Å². The number of Topliss-reactive ketones (excluding diaryl/α,β-unsaturated/α-hetero) is 1. The maximum Gasteiger partial charge on any atom is 0.313 e. The van der Waals surface area contributed by atoms with E-state index in [0.717, 1.165) is 10.5 Å². The zero-order valence-corrected chi connectivity index (χ0v) is 15.6. The molecule has 6 heteroatoms. The van der Waals surface area contributed by atoms with Crippen LogP contribution in [-0.4, -0.2) is 30.0 Å². The van der Waals surface area contributed by atoms with Crippen LogP contribution in [0.25, 0.3) is 0 Å². The normalized spacial score (nSPS) is 10.2. The number of hydrogen-bond acceptors (Lipinski definition) is 5. The van der Waals surface area contributed by atoms with Crippen molar-refractivity contribution in [2.45, 2.75) is 25.2 Å². The van der Waals surface area contributed by atoms with Gasteiger partial charge in [-0.15, -0.1) is 11.8 Å². The lowest BCUT2D eigenvalue weighted by Gasteiger charge is -2.07. The summed E-state index contributed by atoms with van der Waals surface area (Å²) >= 11 is 1.34. The molecule has 0 fully saturated rings. The Labute approximate surface area is 157 Å². The summed E-state index contributed by atoms with van der Waals surface area (Å²) in [5.41, 5.74) is 2.31. The van der Waals surface area contributed by atoms with Crippen LogP contribution in [0.15, 0.2) is 53.4 Å². The Morgan fingerprint density at radius 2 is 1.81 bits per heavy atom. The van der Waals surface area contributed by atoms with E-state index in [1.54, 1.807) is 25.1 Å². The standard InChI is InChI=1S/C20H21NO4S/c1-3-25-19(23)12-17(22)13-26-18-9-7-16(8-10-18)21-20(24)15-6-4-5-14(2)11-15/h4-11H,3,12-13H2,1-2H3,(H,21,24). The number of esters is 1. The van der Waals surface area contributed by atoms with Gasteiger partial charge in [0.1, 0.15) is 6.42 Å². The van der Waals surface area contributed by atoms with Crippen LogP contribution in [-0.2, 0) is 14.3 Å². The van der Waals surface area contributed by atoms with Gasteiger partial charge >= 0.3 is 5.97 Å². The topological polar surface area (TPSA) is 72.5 Å². The summed E-state index contributed by atoms with van der Waals surface area (Å²) in [4.78, 5) is 36.1. The Balaban J connectivity index is 1.85. The van der Waals surface area contributed by atoms with Crippen molar-refractivity contribution in [3.05, 3.63) is 59.7 Å². The average molecular weight is 371 g/mol. The maximum absolute atomic E-state index is 12.2. The van der Waals surface area contributed by atoms with Crippen LogP contribution in [0, 0.1) is 6.92 Å². The number of ketones is 1. The minimum atomic E-state index is -0.493. The van der Waals surface area contributed by atoms with Crippen molar-refractivity contribution in [1.29, 1.82) is 0 Å². The molecule has 0 atom stereocenters. The van der Waals surface area contributed by atoms with Crippen LogP contribution in [0.4, 0.5) is 5.69 Å². The van der Waals surface area contributed by atoms with Crippen molar-refractivity contribution in [2.75, 3.05) is 17.7 Å². The Morgan fingerprint density at radius 3 is 2.46 bits per heavy atom. The van der Waals surface area contributed by atoms with Gasteiger partial charge in [0, 0.05) is 16.1 Å². The first kappa shape index (κ1) is 19.7. The Morgan fingerprint density at radius 1 is 1.08 bits per heavy atom. The molecular formula is C20H21NO4S. The number of nitrogens with one attached hydrogen (secondary N) is 1. The molecule has 2 aromatic rings. The van der Waals surface area contributed by atoms with Gasteiger partial charge in [0.2, 0.25) is 0 Å². The van der Waals surface area contributed by atoms with Crippen LogP contribution < -0.4 is 5.32 Å². The molecule has 2 aromatic carbocycles. The van der Waals surface area contributed by atoms with Gasteiger partial charge in [-0.05, 0) is 50.2 Å². The van der Waals surface area contributed by atoms with Crippen molar-refractivity contribution >= 4 is 35.1 Å². The summed E-state index contributed by atoms with van der Waals surface area (Å²) in [6.45, 7) is 3.91. The molecule has 1 amide bonds. The number of benzene rings is 2. The van der Waals surface area contributed by atoms with E-state index >= 15 is 0 Å². The van der Waals surface area contributed by atoms with Gasteiger partial charge in [0.25, 0.3) is 5.91 Å². The molecule has 0 unspecified atom stereocenters. The van der Waals surface area contributed by atoms with E-state index in [1.165, 1.54) is 11.8 Å².